The Morgan fingerprint density at radius 3 is 2.63 bits per heavy atom. The van der Waals surface area contributed by atoms with Crippen LogP contribution in [0.4, 0.5) is 11.4 Å². The van der Waals surface area contributed by atoms with Gasteiger partial charge in [0.2, 0.25) is 0 Å². The Labute approximate surface area is 217 Å². The summed E-state index contributed by atoms with van der Waals surface area (Å²) in [7, 11) is 4.08. The van der Waals surface area contributed by atoms with E-state index in [4.69, 9.17) is 4.74 Å². The highest BCUT2D eigenvalue weighted by Crippen LogP contribution is 2.46. The summed E-state index contributed by atoms with van der Waals surface area (Å²) in [6, 6.07) is 17.5. The van der Waals surface area contributed by atoms with Crippen LogP contribution in [0.5, 0.6) is 0 Å². The molecule has 8 heteroatoms. The molecule has 35 heavy (non-hydrogen) atoms. The first kappa shape index (κ1) is 25.7. The second kappa shape index (κ2) is 11.5. The molecule has 186 valence electrons. The topological polar surface area (TPSA) is 50.6 Å². The molecule has 0 saturated carbocycles. The molecule has 2 aromatic carbocycles. The number of hydrogen-bond acceptors (Lipinski definition) is 7. The third-order valence-electron chi connectivity index (χ3n) is 6.32. The molecule has 4 rings (SSSR count). The van der Waals surface area contributed by atoms with Crippen molar-refractivity contribution in [3.63, 3.8) is 0 Å². The van der Waals surface area contributed by atoms with Crippen molar-refractivity contribution < 1.29 is 9.53 Å². The summed E-state index contributed by atoms with van der Waals surface area (Å²) in [5, 5.41) is 4.44. The normalized spacial score (nSPS) is 16.1. The number of fused-ring (bicyclic) bond motifs is 1. The van der Waals surface area contributed by atoms with Gasteiger partial charge in [-0.05, 0) is 68.9 Å². The third kappa shape index (κ3) is 5.55. The number of anilines is 2. The summed E-state index contributed by atoms with van der Waals surface area (Å²) in [6.07, 6.45) is 5.66. The van der Waals surface area contributed by atoms with Crippen molar-refractivity contribution >= 4 is 41.1 Å². The number of rotatable bonds is 8. The summed E-state index contributed by atoms with van der Waals surface area (Å²) >= 11 is 3.52. The first-order valence-electron chi connectivity index (χ1n) is 12.1. The molecule has 1 aliphatic heterocycles. The number of para-hydroxylation sites is 1. The van der Waals surface area contributed by atoms with Crippen molar-refractivity contribution in [2.75, 3.05) is 31.4 Å². The molecular formula is C27H34N4O2S2. The van der Waals surface area contributed by atoms with Gasteiger partial charge in [-0.3, -0.25) is 4.68 Å². The van der Waals surface area contributed by atoms with Crippen molar-refractivity contribution in [2.45, 2.75) is 48.9 Å². The lowest BCUT2D eigenvalue weighted by atomic mass is 10.1. The molecule has 1 unspecified atom stereocenters. The molecular weight excluding hydrogens is 476 g/mol. The number of unbranched alkanes of at least 4 members (excludes halogenated alkanes) is 1. The van der Waals surface area contributed by atoms with Crippen molar-refractivity contribution in [3.8, 4) is 11.3 Å². The van der Waals surface area contributed by atoms with E-state index in [9.17, 15) is 4.79 Å². The van der Waals surface area contributed by atoms with Crippen molar-refractivity contribution in [2.24, 2.45) is 7.05 Å². The Hall–Kier alpha value is -2.42. The Morgan fingerprint density at radius 2 is 1.94 bits per heavy atom. The smallest absolute Gasteiger partial charge is 0.358 e. The molecule has 0 bridgehead atoms. The van der Waals surface area contributed by atoms with Gasteiger partial charge in [0.15, 0.2) is 5.69 Å². The van der Waals surface area contributed by atoms with Crippen LogP contribution in [-0.4, -0.2) is 52.6 Å². The minimum Gasteiger partial charge on any atom is -0.461 e. The molecule has 0 aliphatic carbocycles. The zero-order valence-electron chi connectivity index (χ0n) is 21.2. The quantitative estimate of drug-likeness (QED) is 0.191. The number of aromatic nitrogens is 2. The predicted molar refractivity (Wildman–Crippen MR) is 147 cm³/mol. The first-order valence-corrected chi connectivity index (χ1v) is 14.1. The maximum Gasteiger partial charge on any atom is 0.358 e. The van der Waals surface area contributed by atoms with Gasteiger partial charge in [0.1, 0.15) is 0 Å². The molecule has 1 aromatic heterocycles. The second-order valence-electron chi connectivity index (χ2n) is 8.66. The number of thioether (sulfide) groups is 1. The minimum atomic E-state index is -0.391. The fourth-order valence-corrected chi connectivity index (χ4v) is 6.12. The van der Waals surface area contributed by atoms with E-state index in [0.29, 0.717) is 18.3 Å². The molecule has 6 nitrogen and oxygen atoms in total. The Bertz CT molecular complexity index is 1170. The lowest BCUT2D eigenvalue weighted by Crippen LogP contribution is -2.35. The molecule has 0 fully saturated rings. The zero-order chi connectivity index (χ0) is 24.9. The number of carbonyl (C=O) groups is 1. The highest BCUT2D eigenvalue weighted by molar-refractivity contribution is 7.98. The first-order chi connectivity index (χ1) is 17.0. The molecule has 0 saturated heterocycles. The van der Waals surface area contributed by atoms with E-state index in [0.717, 1.165) is 29.1 Å². The maximum atomic E-state index is 12.3. The van der Waals surface area contributed by atoms with E-state index in [1.165, 1.54) is 29.1 Å². The average Bonchev–Trinajstić information content (AvgIpc) is 3.20. The van der Waals surface area contributed by atoms with Gasteiger partial charge in [-0.2, -0.15) is 5.10 Å². The number of hydrogen-bond donors (Lipinski definition) is 0. The van der Waals surface area contributed by atoms with Gasteiger partial charge >= 0.3 is 5.97 Å². The van der Waals surface area contributed by atoms with Gasteiger partial charge in [-0.15, -0.1) is 11.8 Å². The van der Waals surface area contributed by atoms with Crippen LogP contribution in [0.3, 0.4) is 0 Å². The van der Waals surface area contributed by atoms with Crippen LogP contribution in [-0.2, 0) is 11.8 Å². The van der Waals surface area contributed by atoms with E-state index in [-0.39, 0.29) is 0 Å². The van der Waals surface area contributed by atoms with Crippen molar-refractivity contribution in [3.05, 3.63) is 54.2 Å². The fourth-order valence-electron chi connectivity index (χ4n) is 4.45. The van der Waals surface area contributed by atoms with E-state index in [1.807, 2.05) is 13.1 Å². The monoisotopic (exact) mass is 510 g/mol. The van der Waals surface area contributed by atoms with Gasteiger partial charge in [0.05, 0.1) is 18.0 Å². The maximum absolute atomic E-state index is 12.3. The van der Waals surface area contributed by atoms with Crippen LogP contribution in [0.1, 0.15) is 43.6 Å². The highest BCUT2D eigenvalue weighted by Gasteiger charge is 2.29. The average molecular weight is 511 g/mol. The van der Waals surface area contributed by atoms with Crippen LogP contribution in [0.25, 0.3) is 11.3 Å². The van der Waals surface area contributed by atoms with E-state index >= 15 is 0 Å². The Morgan fingerprint density at radius 1 is 1.17 bits per heavy atom. The molecule has 2 heterocycles. The zero-order valence-corrected chi connectivity index (χ0v) is 22.8. The lowest BCUT2D eigenvalue weighted by molar-refractivity contribution is 0.0518. The number of benzene rings is 2. The number of likely N-dealkylation sites (N-methyl/N-ethyl adjacent to an activating group) is 1. The predicted octanol–water partition coefficient (Wildman–Crippen LogP) is 6.64. The standard InChI is InChI=1S/C27H34N4O2S2/c1-6-8-12-20-18-31(19-13-10-9-11-14-19)24-17-25(34-5)21(15-26(24)35-30(20)4)23-16-22(28-29(23)3)27(32)33-7-2/h9-11,13-17,20H,6-8,12,18H2,1-5H3. The summed E-state index contributed by atoms with van der Waals surface area (Å²) in [6.45, 7) is 5.33. The SMILES string of the molecule is CCCCC1CN(c2ccccc2)c2cc(SC)c(-c3cc(C(=O)OCC)nn3C)cc2SN1C. The van der Waals surface area contributed by atoms with E-state index < -0.39 is 5.97 Å². The molecule has 1 aliphatic rings. The molecule has 1 atom stereocenters. The third-order valence-corrected chi connectivity index (χ3v) is 8.21. The van der Waals surface area contributed by atoms with Crippen LogP contribution in [0, 0.1) is 0 Å². The van der Waals surface area contributed by atoms with E-state index in [2.05, 4.69) is 77.0 Å². The largest absolute Gasteiger partial charge is 0.461 e. The van der Waals surface area contributed by atoms with Crippen molar-refractivity contribution in [1.29, 1.82) is 0 Å². The molecule has 3 aromatic rings. The van der Waals surface area contributed by atoms with Crippen LogP contribution >= 0.6 is 23.7 Å². The summed E-state index contributed by atoms with van der Waals surface area (Å²) < 4.78 is 9.37. The van der Waals surface area contributed by atoms with Crippen LogP contribution in [0.2, 0.25) is 0 Å². The van der Waals surface area contributed by atoms with Gasteiger partial charge in [0.25, 0.3) is 0 Å². The Kier molecular flexibility index (Phi) is 8.46. The van der Waals surface area contributed by atoms with Gasteiger partial charge < -0.3 is 9.64 Å². The number of carbonyl (C=O) groups excluding carboxylic acids is 1. The van der Waals surface area contributed by atoms with Gasteiger partial charge in [-0.1, -0.05) is 38.0 Å². The van der Waals surface area contributed by atoms with Gasteiger partial charge in [0, 0.05) is 40.7 Å². The minimum absolute atomic E-state index is 0.330. The van der Waals surface area contributed by atoms with Crippen LogP contribution in [0.15, 0.2) is 58.3 Å². The van der Waals surface area contributed by atoms with Crippen LogP contribution < -0.4 is 4.90 Å². The highest BCUT2D eigenvalue weighted by atomic mass is 32.2. The van der Waals surface area contributed by atoms with E-state index in [1.54, 1.807) is 35.3 Å². The molecule has 0 N–H and O–H groups in total. The number of esters is 1. The van der Waals surface area contributed by atoms with Crippen molar-refractivity contribution in [1.82, 2.24) is 14.1 Å². The molecule has 0 spiro atoms. The number of aryl methyl sites for hydroxylation is 1. The lowest BCUT2D eigenvalue weighted by Gasteiger charge is -2.30. The summed E-state index contributed by atoms with van der Waals surface area (Å²) in [4.78, 5) is 17.1. The second-order valence-corrected chi connectivity index (χ2v) is 10.7. The summed E-state index contributed by atoms with van der Waals surface area (Å²) in [5.41, 5.74) is 4.73. The number of nitrogens with zero attached hydrogens (tertiary/aromatic N) is 4. The number of ether oxygens (including phenoxy) is 1. The molecule has 0 amide bonds. The molecule has 0 radical (unpaired) electrons. The Balaban J connectivity index is 1.82. The fraction of sp³-hybridized carbons (Fsp3) is 0.407. The summed E-state index contributed by atoms with van der Waals surface area (Å²) in [5.74, 6) is -0.391. The van der Waals surface area contributed by atoms with Gasteiger partial charge in [-0.25, -0.2) is 9.10 Å².